The Balaban J connectivity index is 3.37. The van der Waals surface area contributed by atoms with Gasteiger partial charge in [0.05, 0.1) is 6.04 Å². The van der Waals surface area contributed by atoms with Crippen LogP contribution in [0.2, 0.25) is 0 Å². The van der Waals surface area contributed by atoms with Gasteiger partial charge in [0.1, 0.15) is 6.67 Å². The molecule has 0 radical (unpaired) electrons. The van der Waals surface area contributed by atoms with E-state index in [9.17, 15) is 4.39 Å². The highest BCUT2D eigenvalue weighted by Crippen LogP contribution is 1.81. The second kappa shape index (κ2) is 5.41. The lowest BCUT2D eigenvalue weighted by atomic mass is 10.4. The lowest BCUT2D eigenvalue weighted by Crippen LogP contribution is -2.41. The van der Waals surface area contributed by atoms with Crippen molar-refractivity contribution in [3.05, 3.63) is 0 Å². The maximum absolute atomic E-state index is 11.8. The number of thiocarbonyl (C=S) groups is 1. The number of nitrogens with one attached hydrogen (secondary N) is 2. The summed E-state index contributed by atoms with van der Waals surface area (Å²) in [7, 11) is 0. The van der Waals surface area contributed by atoms with Crippen LogP contribution in [0.5, 0.6) is 0 Å². The van der Waals surface area contributed by atoms with Gasteiger partial charge < -0.3 is 10.6 Å². The Labute approximate surface area is 66.2 Å². The van der Waals surface area contributed by atoms with Gasteiger partial charge in [-0.15, -0.1) is 0 Å². The zero-order valence-electron chi connectivity index (χ0n) is 6.28. The van der Waals surface area contributed by atoms with E-state index < -0.39 is 6.67 Å². The van der Waals surface area contributed by atoms with Gasteiger partial charge >= 0.3 is 0 Å². The third-order valence-corrected chi connectivity index (χ3v) is 1.21. The van der Waals surface area contributed by atoms with Gasteiger partial charge in [0.25, 0.3) is 0 Å². The molecule has 0 aromatic rings. The molecule has 2 N–H and O–H groups in total. The van der Waals surface area contributed by atoms with E-state index in [1.54, 1.807) is 6.92 Å². The Morgan fingerprint density at radius 3 is 2.70 bits per heavy atom. The summed E-state index contributed by atoms with van der Waals surface area (Å²) in [6, 6.07) is -0.188. The second-order valence-corrected chi connectivity index (χ2v) is 2.47. The van der Waals surface area contributed by atoms with Gasteiger partial charge in [-0.05, 0) is 26.1 Å². The van der Waals surface area contributed by atoms with Crippen molar-refractivity contribution in [2.45, 2.75) is 19.9 Å². The van der Waals surface area contributed by atoms with Crippen LogP contribution in [0.1, 0.15) is 13.8 Å². The van der Waals surface area contributed by atoms with Crippen LogP contribution in [0.3, 0.4) is 0 Å². The van der Waals surface area contributed by atoms with E-state index in [2.05, 4.69) is 10.6 Å². The maximum atomic E-state index is 11.8. The second-order valence-electron chi connectivity index (χ2n) is 2.06. The molecule has 0 amide bonds. The zero-order valence-corrected chi connectivity index (χ0v) is 7.09. The number of rotatable bonds is 3. The molecule has 0 aliphatic heterocycles. The molecule has 0 saturated carbocycles. The van der Waals surface area contributed by atoms with Crippen LogP contribution in [-0.2, 0) is 0 Å². The van der Waals surface area contributed by atoms with E-state index in [0.717, 1.165) is 6.54 Å². The van der Waals surface area contributed by atoms with Gasteiger partial charge in [-0.1, -0.05) is 0 Å². The van der Waals surface area contributed by atoms with Crippen molar-refractivity contribution in [1.29, 1.82) is 0 Å². The van der Waals surface area contributed by atoms with Crippen LogP contribution >= 0.6 is 12.2 Å². The molecule has 0 aromatic heterocycles. The Bertz CT molecular complexity index is 108. The molecule has 10 heavy (non-hydrogen) atoms. The zero-order chi connectivity index (χ0) is 7.98. The van der Waals surface area contributed by atoms with Crippen LogP contribution < -0.4 is 10.6 Å². The summed E-state index contributed by atoms with van der Waals surface area (Å²) < 4.78 is 11.8. The van der Waals surface area contributed by atoms with Crippen molar-refractivity contribution in [3.63, 3.8) is 0 Å². The summed E-state index contributed by atoms with van der Waals surface area (Å²) in [5, 5.41) is 6.16. The lowest BCUT2D eigenvalue weighted by Gasteiger charge is -2.12. The minimum absolute atomic E-state index is 0.188. The number of alkyl halides is 1. The van der Waals surface area contributed by atoms with Gasteiger partial charge in [-0.25, -0.2) is 4.39 Å². The summed E-state index contributed by atoms with van der Waals surface area (Å²) in [4.78, 5) is 0. The fraction of sp³-hybridized carbons (Fsp3) is 0.833. The van der Waals surface area contributed by atoms with Gasteiger partial charge in [-0.2, -0.15) is 0 Å². The molecule has 0 spiro atoms. The van der Waals surface area contributed by atoms with E-state index in [1.165, 1.54) is 0 Å². The van der Waals surface area contributed by atoms with Crippen molar-refractivity contribution >= 4 is 17.3 Å². The quantitative estimate of drug-likeness (QED) is 0.604. The minimum Gasteiger partial charge on any atom is -0.363 e. The average Bonchev–Trinajstić information content (AvgIpc) is 1.88. The summed E-state index contributed by atoms with van der Waals surface area (Å²) in [5.74, 6) is 0. The monoisotopic (exact) mass is 164 g/mol. The van der Waals surface area contributed by atoms with E-state index in [4.69, 9.17) is 12.2 Å². The summed E-state index contributed by atoms with van der Waals surface area (Å²) in [6.07, 6.45) is 0. The Hall–Kier alpha value is -0.380. The minimum atomic E-state index is -0.397. The average molecular weight is 164 g/mol. The third kappa shape index (κ3) is 4.49. The SMILES string of the molecule is CCNC(=S)N[C@@H](C)CF. The first-order valence-electron chi connectivity index (χ1n) is 3.31. The van der Waals surface area contributed by atoms with Gasteiger partial charge in [-0.3, -0.25) is 0 Å². The number of hydrogen-bond donors (Lipinski definition) is 2. The van der Waals surface area contributed by atoms with E-state index >= 15 is 0 Å². The lowest BCUT2D eigenvalue weighted by molar-refractivity contribution is 0.424. The molecular weight excluding hydrogens is 151 g/mol. The van der Waals surface area contributed by atoms with E-state index in [-0.39, 0.29) is 6.04 Å². The van der Waals surface area contributed by atoms with Crippen LogP contribution in [-0.4, -0.2) is 24.4 Å². The van der Waals surface area contributed by atoms with Crippen molar-refractivity contribution in [2.75, 3.05) is 13.2 Å². The maximum Gasteiger partial charge on any atom is 0.166 e. The van der Waals surface area contributed by atoms with Crippen molar-refractivity contribution in [1.82, 2.24) is 10.6 Å². The summed E-state index contributed by atoms with van der Waals surface area (Å²) >= 11 is 4.81. The highest BCUT2D eigenvalue weighted by Gasteiger charge is 2.00. The topological polar surface area (TPSA) is 24.1 Å². The van der Waals surface area contributed by atoms with Crippen LogP contribution in [0, 0.1) is 0 Å². The first kappa shape index (κ1) is 9.62. The summed E-state index contributed by atoms with van der Waals surface area (Å²) in [6.45, 7) is 4.05. The predicted octanol–water partition coefficient (Wildman–Crippen LogP) is 0.828. The van der Waals surface area contributed by atoms with Gasteiger partial charge in [0, 0.05) is 6.54 Å². The standard InChI is InChI=1S/C6H13FN2S/c1-3-8-6(10)9-5(2)4-7/h5H,3-4H2,1-2H3,(H2,8,9,10)/t5-/m0/s1. The van der Waals surface area contributed by atoms with Crippen LogP contribution in [0.15, 0.2) is 0 Å². The normalized spacial score (nSPS) is 12.3. The first-order chi connectivity index (χ1) is 4.70. The number of halogens is 1. The molecule has 2 nitrogen and oxygen atoms in total. The largest absolute Gasteiger partial charge is 0.363 e. The molecule has 0 bridgehead atoms. The first-order valence-corrected chi connectivity index (χ1v) is 3.71. The Morgan fingerprint density at radius 1 is 1.70 bits per heavy atom. The predicted molar refractivity (Wildman–Crippen MR) is 44.8 cm³/mol. The summed E-state index contributed by atoms with van der Waals surface area (Å²) in [5.41, 5.74) is 0. The molecule has 0 heterocycles. The van der Waals surface area contributed by atoms with Crippen molar-refractivity contribution in [3.8, 4) is 0 Å². The Kier molecular flexibility index (Phi) is 5.20. The third-order valence-electron chi connectivity index (χ3n) is 0.946. The molecule has 1 atom stereocenters. The smallest absolute Gasteiger partial charge is 0.166 e. The van der Waals surface area contributed by atoms with Gasteiger partial charge in [0.2, 0.25) is 0 Å². The molecule has 0 saturated heterocycles. The molecule has 0 aliphatic carbocycles. The molecule has 4 heteroatoms. The molecule has 0 aliphatic rings. The highest BCUT2D eigenvalue weighted by molar-refractivity contribution is 7.80. The molecule has 0 fully saturated rings. The van der Waals surface area contributed by atoms with Gasteiger partial charge in [0.15, 0.2) is 5.11 Å². The fourth-order valence-electron chi connectivity index (χ4n) is 0.474. The molecule has 60 valence electrons. The van der Waals surface area contributed by atoms with E-state index in [0.29, 0.717) is 5.11 Å². The van der Waals surface area contributed by atoms with Crippen LogP contribution in [0.25, 0.3) is 0 Å². The highest BCUT2D eigenvalue weighted by atomic mass is 32.1. The van der Waals surface area contributed by atoms with E-state index in [1.807, 2.05) is 6.92 Å². The van der Waals surface area contributed by atoms with Crippen molar-refractivity contribution < 1.29 is 4.39 Å². The van der Waals surface area contributed by atoms with Crippen LogP contribution in [0.4, 0.5) is 4.39 Å². The molecule has 0 rings (SSSR count). The Morgan fingerprint density at radius 2 is 2.30 bits per heavy atom. The molecule has 0 aromatic carbocycles. The molecular formula is C6H13FN2S. The number of hydrogen-bond acceptors (Lipinski definition) is 1. The molecule has 0 unspecified atom stereocenters. The fourth-order valence-corrected chi connectivity index (χ4v) is 0.819. The van der Waals surface area contributed by atoms with Crippen molar-refractivity contribution in [2.24, 2.45) is 0 Å².